The van der Waals surface area contributed by atoms with Gasteiger partial charge in [0.05, 0.1) is 11.3 Å². The number of fused-ring (bicyclic) bond motifs is 1. The maximum Gasteiger partial charge on any atom is 0.256 e. The molecular formula is C27H22ClFN2O. The minimum atomic E-state index is -0.296. The summed E-state index contributed by atoms with van der Waals surface area (Å²) in [6.07, 6.45) is 0.851. The lowest BCUT2D eigenvalue weighted by molar-refractivity contribution is 0.0734. The molecule has 1 amide bonds. The van der Waals surface area contributed by atoms with Gasteiger partial charge in [-0.25, -0.2) is 4.39 Å². The zero-order chi connectivity index (χ0) is 22.2. The molecule has 0 radical (unpaired) electrons. The van der Waals surface area contributed by atoms with Crippen molar-refractivity contribution in [2.24, 2.45) is 0 Å². The molecule has 2 heterocycles. The average molecular weight is 445 g/mol. The van der Waals surface area contributed by atoms with Crippen molar-refractivity contribution in [3.8, 4) is 16.9 Å². The van der Waals surface area contributed by atoms with E-state index in [1.807, 2.05) is 58.9 Å². The number of hydrogen-bond donors (Lipinski definition) is 0. The molecule has 1 aromatic heterocycles. The van der Waals surface area contributed by atoms with Gasteiger partial charge < -0.3 is 9.47 Å². The van der Waals surface area contributed by atoms with Crippen LogP contribution in [0.25, 0.3) is 16.9 Å². The number of rotatable bonds is 3. The second kappa shape index (κ2) is 8.29. The van der Waals surface area contributed by atoms with Crippen LogP contribution in [0.2, 0.25) is 5.02 Å². The molecule has 32 heavy (non-hydrogen) atoms. The number of carbonyl (C=O) groups is 1. The van der Waals surface area contributed by atoms with Gasteiger partial charge in [-0.1, -0.05) is 48.0 Å². The maximum atomic E-state index is 13.6. The van der Waals surface area contributed by atoms with Crippen molar-refractivity contribution in [2.45, 2.75) is 19.9 Å². The molecule has 0 bridgehead atoms. The largest absolute Gasteiger partial charge is 0.334 e. The van der Waals surface area contributed by atoms with Gasteiger partial charge in [-0.15, -0.1) is 0 Å². The Kier molecular flexibility index (Phi) is 5.32. The van der Waals surface area contributed by atoms with Crippen molar-refractivity contribution in [1.29, 1.82) is 0 Å². The van der Waals surface area contributed by atoms with Crippen LogP contribution in [0.15, 0.2) is 78.9 Å². The van der Waals surface area contributed by atoms with Crippen LogP contribution in [0.1, 0.15) is 27.2 Å². The van der Waals surface area contributed by atoms with Gasteiger partial charge in [-0.05, 0) is 72.5 Å². The van der Waals surface area contributed by atoms with Crippen molar-refractivity contribution in [2.75, 3.05) is 6.54 Å². The number of hydrogen-bond acceptors (Lipinski definition) is 1. The third kappa shape index (κ3) is 3.71. The smallest absolute Gasteiger partial charge is 0.256 e. The molecule has 1 aliphatic rings. The summed E-state index contributed by atoms with van der Waals surface area (Å²) in [7, 11) is 0. The van der Waals surface area contributed by atoms with Crippen LogP contribution in [0, 0.1) is 12.7 Å². The predicted octanol–water partition coefficient (Wildman–Crippen LogP) is 6.44. The molecule has 0 fully saturated rings. The molecule has 0 atom stereocenters. The van der Waals surface area contributed by atoms with Gasteiger partial charge in [0.1, 0.15) is 5.82 Å². The van der Waals surface area contributed by atoms with E-state index in [1.54, 1.807) is 12.1 Å². The van der Waals surface area contributed by atoms with E-state index in [0.717, 1.165) is 29.1 Å². The first-order valence-corrected chi connectivity index (χ1v) is 11.0. The molecule has 0 saturated heterocycles. The standard InChI is InChI=1S/C27H22ClFN2O/c1-18-25(27(32)30-15-14-19-4-2-3-5-21(19)17-30)16-26(20-6-8-22(28)9-7-20)31(18)24-12-10-23(29)11-13-24/h2-13,16H,14-15,17H2,1H3. The maximum absolute atomic E-state index is 13.6. The molecule has 3 nitrogen and oxygen atoms in total. The molecule has 0 unspecified atom stereocenters. The third-order valence-corrected chi connectivity index (χ3v) is 6.37. The lowest BCUT2D eigenvalue weighted by atomic mass is 9.99. The Morgan fingerprint density at radius 2 is 1.62 bits per heavy atom. The summed E-state index contributed by atoms with van der Waals surface area (Å²) >= 11 is 6.09. The Bertz CT molecular complexity index is 1290. The van der Waals surface area contributed by atoms with Gasteiger partial charge in [-0.2, -0.15) is 0 Å². The summed E-state index contributed by atoms with van der Waals surface area (Å²) in [6.45, 7) is 3.23. The van der Waals surface area contributed by atoms with Crippen molar-refractivity contribution in [3.05, 3.63) is 112 Å². The van der Waals surface area contributed by atoms with E-state index in [2.05, 4.69) is 12.1 Å². The van der Waals surface area contributed by atoms with Crippen LogP contribution in [-0.4, -0.2) is 21.9 Å². The SMILES string of the molecule is Cc1c(C(=O)N2CCc3ccccc3C2)cc(-c2ccc(Cl)cc2)n1-c1ccc(F)cc1. The second-order valence-corrected chi connectivity index (χ2v) is 8.53. The summed E-state index contributed by atoms with van der Waals surface area (Å²) in [6, 6.07) is 24.1. The number of aromatic nitrogens is 1. The van der Waals surface area contributed by atoms with Gasteiger partial charge in [0.15, 0.2) is 0 Å². The van der Waals surface area contributed by atoms with E-state index >= 15 is 0 Å². The Balaban J connectivity index is 1.59. The molecule has 0 saturated carbocycles. The highest BCUT2D eigenvalue weighted by molar-refractivity contribution is 6.30. The fourth-order valence-corrected chi connectivity index (χ4v) is 4.54. The molecule has 3 aromatic carbocycles. The molecule has 160 valence electrons. The first-order chi connectivity index (χ1) is 15.5. The Morgan fingerprint density at radius 1 is 0.938 bits per heavy atom. The topological polar surface area (TPSA) is 25.2 Å². The van der Waals surface area contributed by atoms with E-state index in [1.165, 1.54) is 23.3 Å². The highest BCUT2D eigenvalue weighted by Crippen LogP contribution is 2.32. The van der Waals surface area contributed by atoms with Crippen LogP contribution in [0.3, 0.4) is 0 Å². The van der Waals surface area contributed by atoms with Gasteiger partial charge in [0.2, 0.25) is 0 Å². The third-order valence-electron chi connectivity index (χ3n) is 6.12. The van der Waals surface area contributed by atoms with Gasteiger partial charge >= 0.3 is 0 Å². The van der Waals surface area contributed by atoms with E-state index in [4.69, 9.17) is 11.6 Å². The molecule has 0 N–H and O–H groups in total. The van der Waals surface area contributed by atoms with Crippen LogP contribution >= 0.6 is 11.6 Å². The van der Waals surface area contributed by atoms with E-state index in [-0.39, 0.29) is 11.7 Å². The van der Waals surface area contributed by atoms with Crippen molar-refractivity contribution in [1.82, 2.24) is 9.47 Å². The monoisotopic (exact) mass is 444 g/mol. The Morgan fingerprint density at radius 3 is 2.34 bits per heavy atom. The molecule has 4 aromatic rings. The highest BCUT2D eigenvalue weighted by atomic mass is 35.5. The molecule has 5 heteroatoms. The number of carbonyl (C=O) groups excluding carboxylic acids is 1. The average Bonchev–Trinajstić information content (AvgIpc) is 3.16. The van der Waals surface area contributed by atoms with Crippen molar-refractivity contribution >= 4 is 17.5 Å². The first kappa shape index (κ1) is 20.5. The fourth-order valence-electron chi connectivity index (χ4n) is 4.42. The predicted molar refractivity (Wildman–Crippen MR) is 126 cm³/mol. The van der Waals surface area contributed by atoms with Gasteiger partial charge in [0.25, 0.3) is 5.91 Å². The number of amides is 1. The quantitative estimate of drug-likeness (QED) is 0.356. The van der Waals surface area contributed by atoms with Crippen LogP contribution in [0.5, 0.6) is 0 Å². The zero-order valence-corrected chi connectivity index (χ0v) is 18.4. The summed E-state index contributed by atoms with van der Waals surface area (Å²) < 4.78 is 15.6. The fraction of sp³-hybridized carbons (Fsp3) is 0.148. The van der Waals surface area contributed by atoms with Crippen molar-refractivity contribution in [3.63, 3.8) is 0 Å². The Labute approximate surface area is 191 Å². The molecular weight excluding hydrogens is 423 g/mol. The molecule has 0 spiro atoms. The van der Waals surface area contributed by atoms with Gasteiger partial charge in [-0.3, -0.25) is 4.79 Å². The van der Waals surface area contributed by atoms with Gasteiger partial charge in [0, 0.05) is 29.5 Å². The van der Waals surface area contributed by atoms with E-state index < -0.39 is 0 Å². The number of nitrogens with zero attached hydrogens (tertiary/aromatic N) is 2. The zero-order valence-electron chi connectivity index (χ0n) is 17.7. The van der Waals surface area contributed by atoms with Crippen LogP contribution < -0.4 is 0 Å². The van der Waals surface area contributed by atoms with E-state index in [9.17, 15) is 9.18 Å². The molecule has 0 aliphatic carbocycles. The van der Waals surface area contributed by atoms with Crippen molar-refractivity contribution < 1.29 is 9.18 Å². The summed E-state index contributed by atoms with van der Waals surface area (Å²) in [5.74, 6) is -0.289. The lowest BCUT2D eigenvalue weighted by Gasteiger charge is -2.29. The van der Waals surface area contributed by atoms with Crippen LogP contribution in [0.4, 0.5) is 4.39 Å². The highest BCUT2D eigenvalue weighted by Gasteiger charge is 2.26. The molecule has 1 aliphatic heterocycles. The number of halogens is 2. The lowest BCUT2D eigenvalue weighted by Crippen LogP contribution is -2.36. The van der Waals surface area contributed by atoms with Crippen LogP contribution in [-0.2, 0) is 13.0 Å². The molecule has 5 rings (SSSR count). The van der Waals surface area contributed by atoms with E-state index in [0.29, 0.717) is 23.7 Å². The first-order valence-electron chi connectivity index (χ1n) is 10.6. The minimum Gasteiger partial charge on any atom is -0.334 e. The summed E-state index contributed by atoms with van der Waals surface area (Å²) in [5.41, 5.74) is 6.58. The Hall–Kier alpha value is -3.37. The second-order valence-electron chi connectivity index (χ2n) is 8.09. The minimum absolute atomic E-state index is 0.00748. The normalized spacial score (nSPS) is 13.2. The summed E-state index contributed by atoms with van der Waals surface area (Å²) in [5, 5.41) is 0.647. The summed E-state index contributed by atoms with van der Waals surface area (Å²) in [4.78, 5) is 15.5. The number of benzene rings is 3.